The van der Waals surface area contributed by atoms with Crippen LogP contribution >= 0.6 is 0 Å². The molecular formula is C17H19N5O4S. The Morgan fingerprint density at radius 2 is 2.15 bits per heavy atom. The van der Waals surface area contributed by atoms with Crippen molar-refractivity contribution in [1.29, 1.82) is 0 Å². The van der Waals surface area contributed by atoms with E-state index in [0.717, 1.165) is 46.1 Å². The fourth-order valence-corrected chi connectivity index (χ4v) is 4.48. The van der Waals surface area contributed by atoms with E-state index in [2.05, 4.69) is 19.8 Å². The number of aromatic nitrogens is 4. The van der Waals surface area contributed by atoms with Crippen molar-refractivity contribution in [3.63, 3.8) is 0 Å². The van der Waals surface area contributed by atoms with Crippen LogP contribution in [0.4, 0.5) is 0 Å². The molecule has 1 fully saturated rings. The van der Waals surface area contributed by atoms with Crippen molar-refractivity contribution >= 4 is 27.0 Å². The van der Waals surface area contributed by atoms with Gasteiger partial charge in [0.1, 0.15) is 10.7 Å². The number of aromatic amines is 1. The smallest absolute Gasteiger partial charge is 0.355 e. The van der Waals surface area contributed by atoms with Gasteiger partial charge < -0.3 is 10.1 Å². The Hall–Kier alpha value is -2.72. The minimum absolute atomic E-state index is 0.358. The molecule has 10 heteroatoms. The van der Waals surface area contributed by atoms with E-state index in [1.807, 2.05) is 18.2 Å². The normalized spacial score (nSPS) is 15.9. The number of carboxylic acids is 1. The molecule has 3 aromatic rings. The molecule has 3 N–H and O–H groups in total. The summed E-state index contributed by atoms with van der Waals surface area (Å²) in [6.07, 6.45) is 3.32. The highest BCUT2D eigenvalue weighted by atomic mass is 32.2. The van der Waals surface area contributed by atoms with Gasteiger partial charge in [0.2, 0.25) is 10.0 Å². The van der Waals surface area contributed by atoms with Crippen LogP contribution < -0.4 is 4.72 Å². The summed E-state index contributed by atoms with van der Waals surface area (Å²) in [5, 5.41) is 13.0. The lowest BCUT2D eigenvalue weighted by molar-refractivity contribution is 0.0680. The molecule has 2 heterocycles. The van der Waals surface area contributed by atoms with Crippen molar-refractivity contribution in [3.05, 3.63) is 41.5 Å². The lowest BCUT2D eigenvalue weighted by Gasteiger charge is -2.14. The Bertz CT molecular complexity index is 1140. The number of carboxylic acid groups (broad SMARTS) is 1. The molecule has 27 heavy (non-hydrogen) atoms. The van der Waals surface area contributed by atoms with Crippen LogP contribution in [0.2, 0.25) is 0 Å². The Kier molecular flexibility index (Phi) is 4.04. The molecule has 4 rings (SSSR count). The first-order valence-corrected chi connectivity index (χ1v) is 10.0. The molecule has 1 atom stereocenters. The van der Waals surface area contributed by atoms with Crippen molar-refractivity contribution in [1.82, 2.24) is 24.5 Å². The molecule has 0 aliphatic heterocycles. The number of aromatic carboxylic acids is 1. The van der Waals surface area contributed by atoms with Crippen LogP contribution in [-0.2, 0) is 17.1 Å². The van der Waals surface area contributed by atoms with E-state index in [1.165, 1.54) is 7.05 Å². The van der Waals surface area contributed by atoms with Gasteiger partial charge in [-0.25, -0.2) is 22.9 Å². The monoisotopic (exact) mass is 389 g/mol. The van der Waals surface area contributed by atoms with Crippen molar-refractivity contribution < 1.29 is 18.3 Å². The predicted octanol–water partition coefficient (Wildman–Crippen LogP) is 1.91. The van der Waals surface area contributed by atoms with Crippen molar-refractivity contribution in [2.75, 3.05) is 0 Å². The second kappa shape index (κ2) is 6.17. The Balaban J connectivity index is 1.62. The minimum atomic E-state index is -4.05. The van der Waals surface area contributed by atoms with Crippen LogP contribution in [0.1, 0.15) is 53.6 Å². The van der Waals surface area contributed by atoms with Crippen LogP contribution in [0.25, 0.3) is 11.0 Å². The van der Waals surface area contributed by atoms with Crippen molar-refractivity contribution in [2.24, 2.45) is 7.05 Å². The topological polar surface area (TPSA) is 130 Å². The molecule has 142 valence electrons. The fourth-order valence-electron chi connectivity index (χ4n) is 3.09. The summed E-state index contributed by atoms with van der Waals surface area (Å²) in [7, 11) is -2.67. The lowest BCUT2D eigenvalue weighted by Crippen LogP contribution is -2.28. The summed E-state index contributed by atoms with van der Waals surface area (Å²) >= 11 is 0. The Labute approximate surface area is 155 Å². The number of nitrogens with zero attached hydrogens (tertiary/aromatic N) is 3. The number of imidazole rings is 1. The Morgan fingerprint density at radius 1 is 1.41 bits per heavy atom. The molecule has 0 radical (unpaired) electrons. The van der Waals surface area contributed by atoms with Gasteiger partial charge in [0.15, 0.2) is 5.69 Å². The first-order chi connectivity index (χ1) is 12.8. The zero-order chi connectivity index (χ0) is 19.3. The molecule has 1 aliphatic carbocycles. The lowest BCUT2D eigenvalue weighted by atomic mass is 10.1. The Morgan fingerprint density at radius 3 is 2.81 bits per heavy atom. The summed E-state index contributed by atoms with van der Waals surface area (Å²) in [6, 6.07) is 4.97. The van der Waals surface area contributed by atoms with Gasteiger partial charge in [-0.1, -0.05) is 6.07 Å². The molecule has 1 aromatic carbocycles. The van der Waals surface area contributed by atoms with Gasteiger partial charge in [-0.3, -0.25) is 4.68 Å². The number of carbonyl (C=O) groups is 1. The number of aryl methyl sites for hydroxylation is 1. The second-order valence-electron chi connectivity index (χ2n) is 6.80. The van der Waals surface area contributed by atoms with E-state index in [0.29, 0.717) is 5.92 Å². The summed E-state index contributed by atoms with van der Waals surface area (Å²) in [5.74, 6) is 0.114. The van der Waals surface area contributed by atoms with Crippen LogP contribution in [0.3, 0.4) is 0 Å². The fraction of sp³-hybridized carbons (Fsp3) is 0.353. The van der Waals surface area contributed by atoms with Crippen LogP contribution in [0.5, 0.6) is 0 Å². The van der Waals surface area contributed by atoms with Gasteiger partial charge in [0, 0.05) is 19.0 Å². The SMILES string of the molecule is CC(NS(=O)(=O)c1cnn(C)c1C(=O)O)c1ccc2nc(C3CC3)[nH]c2c1. The summed E-state index contributed by atoms with van der Waals surface area (Å²) in [6.45, 7) is 1.70. The third kappa shape index (κ3) is 3.21. The first kappa shape index (κ1) is 17.7. The number of sulfonamides is 1. The highest BCUT2D eigenvalue weighted by Gasteiger charge is 2.29. The maximum atomic E-state index is 12.7. The van der Waals surface area contributed by atoms with Gasteiger partial charge >= 0.3 is 5.97 Å². The maximum Gasteiger partial charge on any atom is 0.355 e. The molecule has 1 aliphatic rings. The highest BCUT2D eigenvalue weighted by Crippen LogP contribution is 2.39. The van der Waals surface area contributed by atoms with Crippen molar-refractivity contribution in [2.45, 2.75) is 36.6 Å². The molecule has 0 bridgehead atoms. The largest absolute Gasteiger partial charge is 0.476 e. The van der Waals surface area contributed by atoms with E-state index >= 15 is 0 Å². The van der Waals surface area contributed by atoms with Crippen LogP contribution in [-0.4, -0.2) is 39.2 Å². The molecular weight excluding hydrogens is 370 g/mol. The van der Waals surface area contributed by atoms with Gasteiger partial charge in [0.25, 0.3) is 0 Å². The molecule has 1 saturated carbocycles. The van der Waals surface area contributed by atoms with E-state index in [-0.39, 0.29) is 10.6 Å². The van der Waals surface area contributed by atoms with Crippen LogP contribution in [0.15, 0.2) is 29.3 Å². The van der Waals surface area contributed by atoms with E-state index in [4.69, 9.17) is 0 Å². The third-order valence-corrected chi connectivity index (χ3v) is 6.26. The number of H-pyrrole nitrogens is 1. The molecule has 0 amide bonds. The first-order valence-electron chi connectivity index (χ1n) is 8.53. The van der Waals surface area contributed by atoms with Gasteiger partial charge in [0.05, 0.1) is 17.2 Å². The third-order valence-electron chi connectivity index (χ3n) is 4.72. The average Bonchev–Trinajstić information content (AvgIpc) is 3.23. The second-order valence-corrected chi connectivity index (χ2v) is 8.48. The summed E-state index contributed by atoms with van der Waals surface area (Å²) in [5.41, 5.74) is 2.06. The zero-order valence-corrected chi connectivity index (χ0v) is 15.6. The van der Waals surface area contributed by atoms with Crippen LogP contribution in [0, 0.1) is 0 Å². The number of benzene rings is 1. The van der Waals surface area contributed by atoms with Gasteiger partial charge in [-0.05, 0) is 37.5 Å². The standard InChI is InChI=1S/C17H19N5O4S/c1-9(21-27(25,26)14-8-18-22(2)15(14)17(23)24)11-5-6-12-13(7-11)20-16(19-12)10-3-4-10/h5-10,21H,3-4H2,1-2H3,(H,19,20)(H,23,24). The van der Waals surface area contributed by atoms with E-state index in [9.17, 15) is 18.3 Å². The number of nitrogens with one attached hydrogen (secondary N) is 2. The zero-order valence-electron chi connectivity index (χ0n) is 14.8. The van der Waals surface area contributed by atoms with Gasteiger partial charge in [-0.2, -0.15) is 5.10 Å². The van der Waals surface area contributed by atoms with E-state index < -0.39 is 22.0 Å². The summed E-state index contributed by atoms with van der Waals surface area (Å²) in [4.78, 5) is 18.8. The maximum absolute atomic E-state index is 12.7. The van der Waals surface area contributed by atoms with E-state index in [1.54, 1.807) is 6.92 Å². The minimum Gasteiger partial charge on any atom is -0.476 e. The number of hydrogen-bond acceptors (Lipinski definition) is 5. The number of rotatable bonds is 6. The molecule has 0 saturated heterocycles. The average molecular weight is 389 g/mol. The molecule has 1 unspecified atom stereocenters. The molecule has 9 nitrogen and oxygen atoms in total. The van der Waals surface area contributed by atoms with Gasteiger partial charge in [-0.15, -0.1) is 0 Å². The highest BCUT2D eigenvalue weighted by molar-refractivity contribution is 7.89. The molecule has 0 spiro atoms. The number of fused-ring (bicyclic) bond motifs is 1. The van der Waals surface area contributed by atoms with Crippen molar-refractivity contribution in [3.8, 4) is 0 Å². The summed E-state index contributed by atoms with van der Waals surface area (Å²) < 4.78 is 28.9. The number of hydrogen-bond donors (Lipinski definition) is 3. The quantitative estimate of drug-likeness (QED) is 0.590. The predicted molar refractivity (Wildman–Crippen MR) is 97.0 cm³/mol. The molecule has 2 aromatic heterocycles.